The van der Waals surface area contributed by atoms with Gasteiger partial charge in [0.15, 0.2) is 12.2 Å². The highest BCUT2D eigenvalue weighted by atomic mass is 35.5. The lowest BCUT2D eigenvalue weighted by Crippen LogP contribution is -2.42. The monoisotopic (exact) mass is 446 g/mol. The molecule has 0 saturated carbocycles. The van der Waals surface area contributed by atoms with E-state index in [0.29, 0.717) is 27.2 Å². The molecular weight excluding hydrogens is 425 g/mol. The number of anilines is 1. The summed E-state index contributed by atoms with van der Waals surface area (Å²) in [4.78, 5) is 12.8. The van der Waals surface area contributed by atoms with Crippen LogP contribution in [-0.2, 0) is 24.3 Å². The molecule has 2 heterocycles. The molecule has 0 atom stereocenters. The van der Waals surface area contributed by atoms with E-state index in [0.717, 1.165) is 36.5 Å². The van der Waals surface area contributed by atoms with Crippen molar-refractivity contribution in [2.75, 3.05) is 19.5 Å². The SMILES string of the molecule is COc1ccc(OC)c(NC(=O)C[n+]2cc(-c3ccc(Cl)c(Cl)c3)n3c2CCC3)c1. The third-order valence-corrected chi connectivity index (χ3v) is 5.94. The molecule has 8 heteroatoms. The first-order valence-corrected chi connectivity index (χ1v) is 10.3. The highest BCUT2D eigenvalue weighted by Gasteiger charge is 2.30. The van der Waals surface area contributed by atoms with Crippen LogP contribution in [0.3, 0.4) is 0 Å². The number of nitrogens with one attached hydrogen (secondary N) is 1. The molecule has 1 aromatic heterocycles. The van der Waals surface area contributed by atoms with Crippen molar-refractivity contribution in [3.05, 3.63) is 58.5 Å². The van der Waals surface area contributed by atoms with Gasteiger partial charge in [0.2, 0.25) is 0 Å². The fraction of sp³-hybridized carbons (Fsp3) is 0.273. The molecule has 1 aliphatic heterocycles. The Labute approximate surface area is 184 Å². The average molecular weight is 447 g/mol. The van der Waals surface area contributed by atoms with Crippen LogP contribution in [0.2, 0.25) is 10.0 Å². The van der Waals surface area contributed by atoms with Crippen molar-refractivity contribution < 1.29 is 18.8 Å². The number of benzene rings is 2. The molecule has 0 unspecified atom stereocenters. The Morgan fingerprint density at radius 3 is 2.70 bits per heavy atom. The summed E-state index contributed by atoms with van der Waals surface area (Å²) in [6, 6.07) is 10.9. The molecule has 0 radical (unpaired) electrons. The fourth-order valence-corrected chi connectivity index (χ4v) is 4.09. The van der Waals surface area contributed by atoms with Crippen molar-refractivity contribution in [3.63, 3.8) is 0 Å². The van der Waals surface area contributed by atoms with Gasteiger partial charge in [0.1, 0.15) is 17.7 Å². The molecule has 0 bridgehead atoms. The van der Waals surface area contributed by atoms with Crippen molar-refractivity contribution in [1.29, 1.82) is 0 Å². The molecule has 0 aliphatic carbocycles. The minimum Gasteiger partial charge on any atom is -0.497 e. The molecule has 30 heavy (non-hydrogen) atoms. The van der Waals surface area contributed by atoms with Gasteiger partial charge in [-0.3, -0.25) is 4.79 Å². The summed E-state index contributed by atoms with van der Waals surface area (Å²) in [5.41, 5.74) is 2.57. The molecular formula is C22H22Cl2N3O3+. The number of ether oxygens (including phenoxy) is 2. The van der Waals surface area contributed by atoms with Crippen LogP contribution in [-0.4, -0.2) is 24.7 Å². The Balaban J connectivity index is 1.60. The standard InChI is InChI=1S/C22H21Cl2N3O3/c1-29-15-6-8-20(30-2)18(11-15)25-21(28)13-26-12-19(27-9-3-4-22(26)27)14-5-7-16(23)17(24)10-14/h5-8,10-12H,3-4,9,13H2,1-2H3/p+1. The maximum atomic E-state index is 12.8. The second kappa shape index (κ2) is 8.58. The zero-order valence-corrected chi connectivity index (χ0v) is 18.3. The largest absolute Gasteiger partial charge is 0.497 e. The summed E-state index contributed by atoms with van der Waals surface area (Å²) in [6.07, 6.45) is 3.95. The quantitative estimate of drug-likeness (QED) is 0.572. The van der Waals surface area contributed by atoms with Crippen molar-refractivity contribution in [2.24, 2.45) is 0 Å². The van der Waals surface area contributed by atoms with E-state index >= 15 is 0 Å². The van der Waals surface area contributed by atoms with Crippen LogP contribution in [0.4, 0.5) is 5.69 Å². The molecule has 0 fully saturated rings. The van der Waals surface area contributed by atoms with E-state index in [-0.39, 0.29) is 12.5 Å². The van der Waals surface area contributed by atoms with Crippen LogP contribution in [0.5, 0.6) is 11.5 Å². The van der Waals surface area contributed by atoms with Crippen molar-refractivity contribution in [3.8, 4) is 22.8 Å². The molecule has 4 rings (SSSR count). The molecule has 3 aromatic rings. The predicted octanol–water partition coefficient (Wildman–Crippen LogP) is 4.35. The number of hydrogen-bond donors (Lipinski definition) is 1. The lowest BCUT2D eigenvalue weighted by atomic mass is 10.1. The highest BCUT2D eigenvalue weighted by molar-refractivity contribution is 6.42. The first-order valence-electron chi connectivity index (χ1n) is 9.59. The molecule has 0 saturated heterocycles. The first kappa shape index (κ1) is 20.6. The third kappa shape index (κ3) is 3.98. The summed E-state index contributed by atoms with van der Waals surface area (Å²) in [7, 11) is 3.15. The second-order valence-corrected chi connectivity index (χ2v) is 7.87. The van der Waals surface area contributed by atoms with Gasteiger partial charge >= 0.3 is 0 Å². The predicted molar refractivity (Wildman–Crippen MR) is 117 cm³/mol. The van der Waals surface area contributed by atoms with E-state index in [4.69, 9.17) is 32.7 Å². The average Bonchev–Trinajstić information content (AvgIpc) is 3.34. The maximum absolute atomic E-state index is 12.8. The summed E-state index contributed by atoms with van der Waals surface area (Å²) < 4.78 is 14.8. The molecule has 6 nitrogen and oxygen atoms in total. The number of fused-ring (bicyclic) bond motifs is 1. The number of nitrogens with zero attached hydrogens (tertiary/aromatic N) is 2. The van der Waals surface area contributed by atoms with Crippen LogP contribution in [0.15, 0.2) is 42.6 Å². The molecule has 1 N–H and O–H groups in total. The summed E-state index contributed by atoms with van der Waals surface area (Å²) in [5.74, 6) is 2.19. The number of methoxy groups -OCH3 is 2. The molecule has 2 aromatic carbocycles. The van der Waals surface area contributed by atoms with Gasteiger partial charge in [0, 0.05) is 11.6 Å². The molecule has 156 valence electrons. The third-order valence-electron chi connectivity index (χ3n) is 5.20. The minimum absolute atomic E-state index is 0.146. The number of halogens is 2. The smallest absolute Gasteiger partial charge is 0.266 e. The summed E-state index contributed by atoms with van der Waals surface area (Å²) in [5, 5.41) is 3.96. The molecule has 1 amide bonds. The summed E-state index contributed by atoms with van der Waals surface area (Å²) in [6.45, 7) is 1.10. The van der Waals surface area contributed by atoms with Gasteiger partial charge in [-0.05, 0) is 36.8 Å². The highest BCUT2D eigenvalue weighted by Crippen LogP contribution is 2.31. The van der Waals surface area contributed by atoms with E-state index in [1.807, 2.05) is 22.9 Å². The number of hydrogen-bond acceptors (Lipinski definition) is 3. The van der Waals surface area contributed by atoms with Crippen LogP contribution in [0.1, 0.15) is 12.2 Å². The van der Waals surface area contributed by atoms with Gasteiger partial charge in [0.05, 0.1) is 42.9 Å². The van der Waals surface area contributed by atoms with Gasteiger partial charge in [0.25, 0.3) is 11.7 Å². The van der Waals surface area contributed by atoms with Crippen LogP contribution in [0.25, 0.3) is 11.3 Å². The van der Waals surface area contributed by atoms with Crippen LogP contribution < -0.4 is 19.4 Å². The Bertz CT molecular complexity index is 1110. The minimum atomic E-state index is -0.146. The van der Waals surface area contributed by atoms with E-state index in [2.05, 4.69) is 9.88 Å². The first-order chi connectivity index (χ1) is 14.5. The van der Waals surface area contributed by atoms with Gasteiger partial charge in [-0.15, -0.1) is 0 Å². The number of amides is 1. The number of imidazole rings is 1. The fourth-order valence-electron chi connectivity index (χ4n) is 3.79. The number of aromatic nitrogens is 2. The van der Waals surface area contributed by atoms with Crippen LogP contribution in [0, 0.1) is 0 Å². The van der Waals surface area contributed by atoms with Gasteiger partial charge in [-0.2, -0.15) is 0 Å². The van der Waals surface area contributed by atoms with Gasteiger partial charge < -0.3 is 14.8 Å². The van der Waals surface area contributed by atoms with Gasteiger partial charge in [-0.25, -0.2) is 9.13 Å². The Morgan fingerprint density at radius 1 is 1.13 bits per heavy atom. The van der Waals surface area contributed by atoms with Crippen molar-refractivity contribution in [2.45, 2.75) is 25.9 Å². The summed E-state index contributed by atoms with van der Waals surface area (Å²) >= 11 is 12.3. The Morgan fingerprint density at radius 2 is 1.97 bits per heavy atom. The maximum Gasteiger partial charge on any atom is 0.266 e. The van der Waals surface area contributed by atoms with Crippen LogP contribution >= 0.6 is 23.2 Å². The van der Waals surface area contributed by atoms with Crippen molar-refractivity contribution >= 4 is 34.8 Å². The zero-order valence-electron chi connectivity index (χ0n) is 16.7. The lowest BCUT2D eigenvalue weighted by Gasteiger charge is -2.11. The normalized spacial score (nSPS) is 12.5. The Kier molecular flexibility index (Phi) is 5.88. The van der Waals surface area contributed by atoms with Crippen molar-refractivity contribution in [1.82, 2.24) is 4.57 Å². The lowest BCUT2D eigenvalue weighted by molar-refractivity contribution is -0.690. The second-order valence-electron chi connectivity index (χ2n) is 7.06. The molecule has 1 aliphatic rings. The van der Waals surface area contributed by atoms with E-state index in [1.165, 1.54) is 0 Å². The van der Waals surface area contributed by atoms with Gasteiger partial charge in [-0.1, -0.05) is 23.2 Å². The number of carbonyl (C=O) groups is 1. The number of carbonyl (C=O) groups excluding carboxylic acids is 1. The Hall–Kier alpha value is -2.70. The van der Waals surface area contributed by atoms with E-state index in [9.17, 15) is 4.79 Å². The molecule has 0 spiro atoms. The topological polar surface area (TPSA) is 56.4 Å². The zero-order chi connectivity index (χ0) is 21.3. The van der Waals surface area contributed by atoms with E-state index < -0.39 is 0 Å². The number of rotatable bonds is 6. The van der Waals surface area contributed by atoms with E-state index in [1.54, 1.807) is 38.5 Å².